The fourth-order valence-electron chi connectivity index (χ4n) is 9.45. The van der Waals surface area contributed by atoms with Gasteiger partial charge in [0.2, 0.25) is 0 Å². The van der Waals surface area contributed by atoms with Crippen LogP contribution in [0.25, 0.3) is 0 Å². The van der Waals surface area contributed by atoms with Crippen LogP contribution in [0.4, 0.5) is 0 Å². The minimum Gasteiger partial charge on any atom is -0.462 e. The first kappa shape index (κ1) is 96.4. The summed E-state index contributed by atoms with van der Waals surface area (Å²) in [5.74, 6) is -2.34. The van der Waals surface area contributed by atoms with Crippen molar-refractivity contribution < 1.29 is 80.2 Å². The number of ether oxygens (including phenoxy) is 4. The summed E-state index contributed by atoms with van der Waals surface area (Å²) in [4.78, 5) is 72.8. The van der Waals surface area contributed by atoms with E-state index in [4.69, 9.17) is 37.0 Å². The molecule has 0 aliphatic heterocycles. The number of unbranched alkanes of at least 4 members (excludes halogenated alkanes) is 16. The van der Waals surface area contributed by atoms with E-state index in [0.717, 1.165) is 148 Å². The smallest absolute Gasteiger partial charge is 0.462 e. The van der Waals surface area contributed by atoms with Crippen LogP contribution in [0.5, 0.6) is 0 Å². The Morgan fingerprint density at radius 2 is 0.520 bits per heavy atom. The minimum absolute atomic E-state index is 0.00188. The number of esters is 4. The van der Waals surface area contributed by atoms with Gasteiger partial charge in [0.1, 0.15) is 19.3 Å². The van der Waals surface area contributed by atoms with Crippen LogP contribution < -0.4 is 0 Å². The molecule has 0 bridgehead atoms. The molecule has 0 radical (unpaired) electrons. The van der Waals surface area contributed by atoms with E-state index in [0.29, 0.717) is 32.1 Å². The molecular formula is C83H134O17P2. The van der Waals surface area contributed by atoms with Crippen molar-refractivity contribution >= 4 is 39.5 Å². The second-order valence-corrected chi connectivity index (χ2v) is 27.7. The van der Waals surface area contributed by atoms with Crippen molar-refractivity contribution in [3.63, 3.8) is 0 Å². The fourth-order valence-corrected chi connectivity index (χ4v) is 11.0. The van der Waals surface area contributed by atoms with Gasteiger partial charge in [0, 0.05) is 25.7 Å². The Morgan fingerprint density at radius 1 is 0.284 bits per heavy atom. The van der Waals surface area contributed by atoms with Crippen molar-refractivity contribution in [1.29, 1.82) is 0 Å². The van der Waals surface area contributed by atoms with Crippen LogP contribution in [-0.4, -0.2) is 96.7 Å². The molecule has 0 aliphatic carbocycles. The summed E-state index contributed by atoms with van der Waals surface area (Å²) in [5.41, 5.74) is 0. The van der Waals surface area contributed by atoms with E-state index in [2.05, 4.69) is 186 Å². The molecule has 0 fully saturated rings. The molecule has 5 unspecified atom stereocenters. The number of aliphatic hydroxyl groups is 1. The molecule has 17 nitrogen and oxygen atoms in total. The highest BCUT2D eigenvalue weighted by molar-refractivity contribution is 7.47. The molecule has 0 saturated heterocycles. The molecule has 102 heavy (non-hydrogen) atoms. The third-order valence-corrected chi connectivity index (χ3v) is 17.1. The molecule has 0 amide bonds. The summed E-state index contributed by atoms with van der Waals surface area (Å²) in [7, 11) is -10.0. The normalized spacial score (nSPS) is 14.9. The standard InChI is InChI=1S/C83H134O17P2/c1-5-9-13-17-21-25-29-32-35-37-38-40-42-45-49-52-56-60-64-68-81(86)94-74-79(100-83(88)70-66-62-58-54-50-46-43-39-36-33-30-26-22-18-14-10-6-2)76-98-102(91,92)96-72-77(84)71-95-101(89,90)97-75-78(99-82(87)69-65-61-57-53-47-28-24-20-16-12-8-4)73-93-80(85)67-63-59-55-51-48-44-41-34-31-27-23-19-15-11-7-3/h9-11,13-15,21-23,25-27,32-36,38,40-41,43,45-46,48-49,51,54,58,77-79,84H,5-8,12,16-20,24,28-31,37,39,42,44,47,50,52-53,55-57,59-76H2,1-4H3,(H,89,90)(H,91,92)/b13-9-,14-10-,15-11-,25-21-,26-22-,27-23-,35-32-,36-33-,40-38-,41-34-,46-43-,49-45-,51-48-,58-54-. The molecule has 3 N–H and O–H groups in total. The van der Waals surface area contributed by atoms with Crippen molar-refractivity contribution in [1.82, 2.24) is 0 Å². The number of carbonyl (C=O) groups is 4. The van der Waals surface area contributed by atoms with Crippen LogP contribution in [0.15, 0.2) is 170 Å². The Hall–Kier alpha value is -5.58. The zero-order chi connectivity index (χ0) is 74.6. The SMILES string of the molecule is CC/C=C\C/C=C\C/C=C\C/C=C\C/C=C\CCCCCC(=O)OCC(COP(=O)(O)OCC(O)COP(=O)(O)OCC(COC(=O)CCCC/C=C\C/C=C\C/C=C\C/C=C\CC)OC(=O)CCCCCCCCCCCCC)OC(=O)CCC/C=C\C/C=C\C/C=C\C/C=C\C/C=C\CC. The number of allylic oxidation sites excluding steroid dienone is 28. The van der Waals surface area contributed by atoms with Gasteiger partial charge in [0.25, 0.3) is 0 Å². The Kier molecular flexibility index (Phi) is 69.7. The second kappa shape index (κ2) is 73.7. The van der Waals surface area contributed by atoms with E-state index in [9.17, 15) is 43.2 Å². The van der Waals surface area contributed by atoms with Gasteiger partial charge in [-0.05, 0) is 148 Å². The summed E-state index contributed by atoms with van der Waals surface area (Å²) in [6.45, 7) is 4.34. The summed E-state index contributed by atoms with van der Waals surface area (Å²) < 4.78 is 68.3. The van der Waals surface area contributed by atoms with Crippen LogP contribution in [0.3, 0.4) is 0 Å². The quantitative estimate of drug-likeness (QED) is 0.0169. The van der Waals surface area contributed by atoms with E-state index in [1.54, 1.807) is 0 Å². The molecule has 5 atom stereocenters. The summed E-state index contributed by atoms with van der Waals surface area (Å²) >= 11 is 0. The van der Waals surface area contributed by atoms with E-state index in [1.165, 1.54) is 38.5 Å². The number of aliphatic hydroxyl groups excluding tert-OH is 1. The van der Waals surface area contributed by atoms with Crippen molar-refractivity contribution in [2.75, 3.05) is 39.6 Å². The largest absolute Gasteiger partial charge is 0.472 e. The summed E-state index contributed by atoms with van der Waals surface area (Å²) in [5, 5.41) is 10.6. The van der Waals surface area contributed by atoms with E-state index in [1.807, 2.05) is 12.2 Å². The molecular weight excluding hydrogens is 1330 g/mol. The maximum atomic E-state index is 13.1. The number of carbonyl (C=O) groups excluding carboxylic acids is 4. The minimum atomic E-state index is -5.01. The molecule has 19 heteroatoms. The van der Waals surface area contributed by atoms with Crippen molar-refractivity contribution in [3.8, 4) is 0 Å². The van der Waals surface area contributed by atoms with Crippen LogP contribution >= 0.6 is 15.6 Å². The molecule has 578 valence electrons. The van der Waals surface area contributed by atoms with Gasteiger partial charge in [0.05, 0.1) is 26.4 Å². The molecule has 0 saturated carbocycles. The van der Waals surface area contributed by atoms with Gasteiger partial charge in [-0.15, -0.1) is 0 Å². The lowest BCUT2D eigenvalue weighted by Crippen LogP contribution is -2.30. The number of phosphoric acid groups is 2. The lowest BCUT2D eigenvalue weighted by atomic mass is 10.1. The number of rotatable bonds is 70. The molecule has 0 aromatic rings. The van der Waals surface area contributed by atoms with Gasteiger partial charge in [0.15, 0.2) is 12.2 Å². The number of hydrogen-bond donors (Lipinski definition) is 3. The lowest BCUT2D eigenvalue weighted by Gasteiger charge is -2.21. The first-order chi connectivity index (χ1) is 49.7. The molecule has 0 spiro atoms. The fraction of sp³-hybridized carbons (Fsp3) is 0.614. The second-order valence-electron chi connectivity index (χ2n) is 24.8. The average Bonchev–Trinajstić information content (AvgIpc) is 0.921. The highest BCUT2D eigenvalue weighted by atomic mass is 31.2. The third kappa shape index (κ3) is 72.8. The first-order valence-electron chi connectivity index (χ1n) is 38.4. The van der Waals surface area contributed by atoms with Crippen molar-refractivity contribution in [3.05, 3.63) is 170 Å². The van der Waals surface area contributed by atoms with E-state index in [-0.39, 0.29) is 25.7 Å². The zero-order valence-corrected chi connectivity index (χ0v) is 64.8. The Morgan fingerprint density at radius 3 is 0.843 bits per heavy atom. The Bertz CT molecular complexity index is 2600. The third-order valence-electron chi connectivity index (χ3n) is 15.2. The van der Waals surface area contributed by atoms with E-state index < -0.39 is 97.5 Å². The highest BCUT2D eigenvalue weighted by Crippen LogP contribution is 2.45. The molecule has 0 aliphatic rings. The van der Waals surface area contributed by atoms with Gasteiger partial charge in [-0.1, -0.05) is 268 Å². The Balaban J connectivity index is 5.47. The van der Waals surface area contributed by atoms with Crippen LogP contribution in [-0.2, 0) is 65.4 Å². The maximum Gasteiger partial charge on any atom is 0.472 e. The maximum absolute atomic E-state index is 13.1. The van der Waals surface area contributed by atoms with Gasteiger partial charge >= 0.3 is 39.5 Å². The van der Waals surface area contributed by atoms with Crippen molar-refractivity contribution in [2.45, 2.75) is 290 Å². The summed E-state index contributed by atoms with van der Waals surface area (Å²) in [6, 6.07) is 0. The predicted octanol–water partition coefficient (Wildman–Crippen LogP) is 22.2. The van der Waals surface area contributed by atoms with Gasteiger partial charge in [-0.2, -0.15) is 0 Å². The monoisotopic (exact) mass is 1460 g/mol. The highest BCUT2D eigenvalue weighted by Gasteiger charge is 2.30. The first-order valence-corrected chi connectivity index (χ1v) is 41.4. The predicted molar refractivity (Wildman–Crippen MR) is 417 cm³/mol. The molecule has 0 aromatic heterocycles. The van der Waals surface area contributed by atoms with Crippen LogP contribution in [0.1, 0.15) is 272 Å². The molecule has 0 rings (SSSR count). The van der Waals surface area contributed by atoms with Crippen LogP contribution in [0.2, 0.25) is 0 Å². The van der Waals surface area contributed by atoms with Crippen molar-refractivity contribution in [2.24, 2.45) is 0 Å². The van der Waals surface area contributed by atoms with Gasteiger partial charge in [-0.25, -0.2) is 9.13 Å². The van der Waals surface area contributed by atoms with E-state index >= 15 is 0 Å². The number of phosphoric ester groups is 2. The van der Waals surface area contributed by atoms with Crippen LogP contribution in [0, 0.1) is 0 Å². The summed E-state index contributed by atoms with van der Waals surface area (Å²) in [6.07, 6.45) is 86.5. The number of hydrogen-bond acceptors (Lipinski definition) is 15. The van der Waals surface area contributed by atoms with Gasteiger partial charge in [-0.3, -0.25) is 37.3 Å². The average molecular weight is 1470 g/mol. The topological polar surface area (TPSA) is 237 Å². The molecule has 0 heterocycles. The van der Waals surface area contributed by atoms with Gasteiger partial charge < -0.3 is 33.8 Å². The lowest BCUT2D eigenvalue weighted by molar-refractivity contribution is -0.161. The molecule has 0 aromatic carbocycles. The Labute approximate surface area is 616 Å². The zero-order valence-electron chi connectivity index (χ0n) is 63.0.